The first kappa shape index (κ1) is 15.7. The summed E-state index contributed by atoms with van der Waals surface area (Å²) in [6.07, 6.45) is 3.79. The van der Waals surface area contributed by atoms with Crippen LogP contribution in [-0.2, 0) is 16.1 Å². The Morgan fingerprint density at radius 1 is 1.04 bits per heavy atom. The Morgan fingerprint density at radius 2 is 1.88 bits per heavy atom. The number of carbonyl (C=O) groups is 1. The summed E-state index contributed by atoms with van der Waals surface area (Å²) < 4.78 is 7.24. The molecule has 4 rings (SSSR count). The lowest BCUT2D eigenvalue weighted by Gasteiger charge is -2.04. The lowest BCUT2D eigenvalue weighted by molar-refractivity contribution is -0.141. The van der Waals surface area contributed by atoms with Crippen LogP contribution in [0.15, 0.2) is 78.0 Å². The predicted molar refractivity (Wildman–Crippen MR) is 99.7 cm³/mol. The van der Waals surface area contributed by atoms with Gasteiger partial charge in [-0.25, -0.2) is 4.98 Å². The van der Waals surface area contributed by atoms with Gasteiger partial charge in [-0.1, -0.05) is 36.4 Å². The van der Waals surface area contributed by atoms with Gasteiger partial charge in [0.2, 0.25) is 0 Å². The number of benzene rings is 2. The number of carbonyl (C=O) groups excluding carboxylic acids is 1. The first-order valence-electron chi connectivity index (χ1n) is 7.98. The molecule has 25 heavy (non-hydrogen) atoms. The molecule has 2 aromatic carbocycles. The fraction of sp³-hybridized carbons (Fsp3) is 0.100. The van der Waals surface area contributed by atoms with E-state index < -0.39 is 0 Å². The highest BCUT2D eigenvalue weighted by atomic mass is 32.2. The Hall–Kier alpha value is -2.79. The highest BCUT2D eigenvalue weighted by Gasteiger charge is 2.07. The number of nitrogens with zero attached hydrogens (tertiary/aromatic N) is 2. The van der Waals surface area contributed by atoms with Crippen molar-refractivity contribution in [1.82, 2.24) is 9.38 Å². The summed E-state index contributed by atoms with van der Waals surface area (Å²) in [7, 11) is 0. The van der Waals surface area contributed by atoms with Crippen LogP contribution < -0.4 is 0 Å². The van der Waals surface area contributed by atoms with Gasteiger partial charge >= 0.3 is 5.97 Å². The zero-order valence-corrected chi connectivity index (χ0v) is 14.3. The molecule has 0 unspecified atom stereocenters. The van der Waals surface area contributed by atoms with E-state index in [2.05, 4.69) is 29.2 Å². The SMILES string of the molecule is O=C(CSc1ccc2ccccc2c1)OCc1cn2ccccc2n1. The summed E-state index contributed by atoms with van der Waals surface area (Å²) in [5, 5.41) is 2.37. The third-order valence-corrected chi connectivity index (χ3v) is 4.84. The van der Waals surface area contributed by atoms with Crippen LogP contribution >= 0.6 is 11.8 Å². The van der Waals surface area contributed by atoms with E-state index in [0.29, 0.717) is 0 Å². The van der Waals surface area contributed by atoms with Crippen LogP contribution in [-0.4, -0.2) is 21.1 Å². The highest BCUT2D eigenvalue weighted by Crippen LogP contribution is 2.23. The van der Waals surface area contributed by atoms with Gasteiger partial charge in [-0.15, -0.1) is 11.8 Å². The van der Waals surface area contributed by atoms with Crippen LogP contribution in [0.1, 0.15) is 5.69 Å². The average molecular weight is 348 g/mol. The number of esters is 1. The smallest absolute Gasteiger partial charge is 0.316 e. The largest absolute Gasteiger partial charge is 0.458 e. The minimum atomic E-state index is -0.241. The molecule has 0 saturated heterocycles. The number of rotatable bonds is 5. The van der Waals surface area contributed by atoms with Crippen LogP contribution in [0.2, 0.25) is 0 Å². The first-order chi connectivity index (χ1) is 12.3. The Labute approximate surface area is 149 Å². The Kier molecular flexibility index (Phi) is 4.39. The quantitative estimate of drug-likeness (QED) is 0.398. The fourth-order valence-corrected chi connectivity index (χ4v) is 3.39. The molecule has 0 bridgehead atoms. The van der Waals surface area contributed by atoms with E-state index in [-0.39, 0.29) is 18.3 Å². The molecule has 0 saturated carbocycles. The molecule has 0 N–H and O–H groups in total. The first-order valence-corrected chi connectivity index (χ1v) is 8.96. The number of hydrogen-bond acceptors (Lipinski definition) is 4. The molecule has 4 aromatic rings. The van der Waals surface area contributed by atoms with Gasteiger partial charge in [-0.05, 0) is 35.0 Å². The summed E-state index contributed by atoms with van der Waals surface area (Å²) in [6.45, 7) is 0.193. The molecule has 2 heterocycles. The van der Waals surface area contributed by atoms with Gasteiger partial charge in [-0.2, -0.15) is 0 Å². The third kappa shape index (κ3) is 3.67. The second kappa shape index (κ2) is 6.99. The average Bonchev–Trinajstić information content (AvgIpc) is 3.07. The Morgan fingerprint density at radius 3 is 2.76 bits per heavy atom. The molecule has 5 heteroatoms. The van der Waals surface area contributed by atoms with Crippen molar-refractivity contribution in [3.8, 4) is 0 Å². The molecule has 2 aromatic heterocycles. The highest BCUT2D eigenvalue weighted by molar-refractivity contribution is 8.00. The molecule has 4 nitrogen and oxygen atoms in total. The van der Waals surface area contributed by atoms with Crippen LogP contribution in [0.3, 0.4) is 0 Å². The maximum Gasteiger partial charge on any atom is 0.316 e. The number of imidazole rings is 1. The van der Waals surface area contributed by atoms with Crippen LogP contribution in [0.25, 0.3) is 16.4 Å². The number of pyridine rings is 1. The van der Waals surface area contributed by atoms with Crippen LogP contribution in [0.4, 0.5) is 0 Å². The lowest BCUT2D eigenvalue weighted by atomic mass is 10.1. The van der Waals surface area contributed by atoms with Crippen molar-refractivity contribution in [2.24, 2.45) is 0 Å². The molecule has 0 fully saturated rings. The molecule has 0 aliphatic carbocycles. The summed E-state index contributed by atoms with van der Waals surface area (Å²) in [5.41, 5.74) is 1.59. The molecule has 0 spiro atoms. The van der Waals surface area contributed by atoms with Gasteiger partial charge in [0.15, 0.2) is 0 Å². The minimum Gasteiger partial charge on any atom is -0.458 e. The van der Waals surface area contributed by atoms with E-state index in [9.17, 15) is 4.79 Å². The van der Waals surface area contributed by atoms with Crippen molar-refractivity contribution < 1.29 is 9.53 Å². The van der Waals surface area contributed by atoms with Crippen molar-refractivity contribution >= 4 is 34.2 Å². The maximum atomic E-state index is 12.0. The second-order valence-corrected chi connectivity index (χ2v) is 6.71. The summed E-state index contributed by atoms with van der Waals surface area (Å²) in [6, 6.07) is 20.2. The lowest BCUT2D eigenvalue weighted by Crippen LogP contribution is -2.07. The number of aromatic nitrogens is 2. The molecule has 0 atom stereocenters. The number of ether oxygens (including phenoxy) is 1. The van der Waals surface area contributed by atoms with E-state index in [1.54, 1.807) is 0 Å². The van der Waals surface area contributed by atoms with Crippen molar-refractivity contribution in [2.45, 2.75) is 11.5 Å². The van der Waals surface area contributed by atoms with Gasteiger partial charge in [0.25, 0.3) is 0 Å². The van der Waals surface area contributed by atoms with Gasteiger partial charge < -0.3 is 9.14 Å². The number of thioether (sulfide) groups is 1. The molecular weight excluding hydrogens is 332 g/mol. The standard InChI is InChI=1S/C20H16N2O2S/c23-20(24-13-17-12-22-10-4-3-7-19(22)21-17)14-25-18-9-8-15-5-1-2-6-16(15)11-18/h1-12H,13-14H2. The van der Waals surface area contributed by atoms with E-state index >= 15 is 0 Å². The van der Waals surface area contributed by atoms with E-state index in [4.69, 9.17) is 4.74 Å². The summed E-state index contributed by atoms with van der Waals surface area (Å²) >= 11 is 1.48. The molecule has 124 valence electrons. The molecular formula is C20H16N2O2S. The van der Waals surface area contributed by atoms with Crippen molar-refractivity contribution in [3.05, 3.63) is 78.8 Å². The molecule has 0 aliphatic heterocycles. The van der Waals surface area contributed by atoms with Gasteiger partial charge in [0, 0.05) is 17.3 Å². The normalized spacial score (nSPS) is 11.0. The minimum absolute atomic E-state index is 0.193. The summed E-state index contributed by atoms with van der Waals surface area (Å²) in [4.78, 5) is 17.5. The monoisotopic (exact) mass is 348 g/mol. The van der Waals surface area contributed by atoms with Crippen molar-refractivity contribution in [2.75, 3.05) is 5.75 Å². The fourth-order valence-electron chi connectivity index (χ4n) is 2.65. The van der Waals surface area contributed by atoms with Crippen LogP contribution in [0, 0.1) is 0 Å². The zero-order valence-electron chi connectivity index (χ0n) is 13.5. The number of fused-ring (bicyclic) bond motifs is 2. The van der Waals surface area contributed by atoms with Crippen LogP contribution in [0.5, 0.6) is 0 Å². The molecule has 0 radical (unpaired) electrons. The molecule has 0 aliphatic rings. The zero-order chi connectivity index (χ0) is 17.1. The van der Waals surface area contributed by atoms with Gasteiger partial charge in [0.1, 0.15) is 12.3 Å². The van der Waals surface area contributed by atoms with Gasteiger partial charge in [-0.3, -0.25) is 4.79 Å². The number of hydrogen-bond donors (Lipinski definition) is 0. The van der Waals surface area contributed by atoms with E-state index in [1.807, 2.05) is 53.2 Å². The topological polar surface area (TPSA) is 43.6 Å². The van der Waals surface area contributed by atoms with Gasteiger partial charge in [0.05, 0.1) is 11.4 Å². The van der Waals surface area contributed by atoms with Crippen molar-refractivity contribution in [3.63, 3.8) is 0 Å². The third-order valence-electron chi connectivity index (χ3n) is 3.87. The van der Waals surface area contributed by atoms with E-state index in [1.165, 1.54) is 22.5 Å². The second-order valence-electron chi connectivity index (χ2n) is 5.66. The summed E-state index contributed by atoms with van der Waals surface area (Å²) in [5.74, 6) is 0.0429. The maximum absolute atomic E-state index is 12.0. The Balaban J connectivity index is 1.33. The Bertz CT molecular complexity index is 1010. The van der Waals surface area contributed by atoms with Crippen molar-refractivity contribution in [1.29, 1.82) is 0 Å². The van der Waals surface area contributed by atoms with E-state index in [0.717, 1.165) is 16.2 Å². The predicted octanol–water partition coefficient (Wildman–Crippen LogP) is 4.32. The molecule has 0 amide bonds.